The highest BCUT2D eigenvalue weighted by Crippen LogP contribution is 2.08. The van der Waals surface area contributed by atoms with Crippen molar-refractivity contribution in [1.29, 1.82) is 0 Å². The van der Waals surface area contributed by atoms with Crippen LogP contribution in [0.2, 0.25) is 0 Å². The van der Waals surface area contributed by atoms with E-state index in [0.29, 0.717) is 0 Å². The fourth-order valence-corrected chi connectivity index (χ4v) is 1.08. The van der Waals surface area contributed by atoms with Gasteiger partial charge in [0, 0.05) is 11.4 Å². The molecule has 11 heavy (non-hydrogen) atoms. The second kappa shape index (κ2) is 3.46. The van der Waals surface area contributed by atoms with Gasteiger partial charge in [0.25, 0.3) is 0 Å². The van der Waals surface area contributed by atoms with Crippen LogP contribution in [0.25, 0.3) is 0 Å². The molecule has 0 radical (unpaired) electrons. The van der Waals surface area contributed by atoms with Gasteiger partial charge in [0.05, 0.1) is 0 Å². The van der Waals surface area contributed by atoms with Crippen molar-refractivity contribution in [3.63, 3.8) is 0 Å². The normalized spacial score (nSPS) is 10.1. The summed E-state index contributed by atoms with van der Waals surface area (Å²) in [4.78, 5) is 8.33. The topological polar surface area (TPSA) is 25.8 Å². The Morgan fingerprint density at radius 1 is 1.27 bits per heavy atom. The monoisotopic (exact) mass is 150 g/mol. The van der Waals surface area contributed by atoms with Crippen LogP contribution in [-0.4, -0.2) is 9.97 Å². The fraction of sp³-hybridized carbons (Fsp3) is 0.556. The summed E-state index contributed by atoms with van der Waals surface area (Å²) < 4.78 is 0. The quantitative estimate of drug-likeness (QED) is 0.644. The SMILES string of the molecule is CCCc1ncnc(C)c1C. The molecule has 1 aromatic heterocycles. The van der Waals surface area contributed by atoms with E-state index in [1.807, 2.05) is 6.92 Å². The van der Waals surface area contributed by atoms with Gasteiger partial charge in [-0.2, -0.15) is 0 Å². The molecule has 1 aromatic rings. The predicted octanol–water partition coefficient (Wildman–Crippen LogP) is 2.05. The van der Waals surface area contributed by atoms with Gasteiger partial charge in [0.1, 0.15) is 6.33 Å². The van der Waals surface area contributed by atoms with Gasteiger partial charge in [0.2, 0.25) is 0 Å². The summed E-state index contributed by atoms with van der Waals surface area (Å²) in [6, 6.07) is 0. The zero-order valence-electron chi connectivity index (χ0n) is 7.39. The number of hydrogen-bond donors (Lipinski definition) is 0. The lowest BCUT2D eigenvalue weighted by Gasteiger charge is -2.03. The molecule has 2 heteroatoms. The molecule has 0 aliphatic heterocycles. The summed E-state index contributed by atoms with van der Waals surface area (Å²) in [5.41, 5.74) is 3.54. The van der Waals surface area contributed by atoms with Crippen LogP contribution < -0.4 is 0 Å². The molecule has 0 bridgehead atoms. The summed E-state index contributed by atoms with van der Waals surface area (Å²) in [6.45, 7) is 6.27. The maximum Gasteiger partial charge on any atom is 0.115 e. The first-order valence-corrected chi connectivity index (χ1v) is 4.02. The van der Waals surface area contributed by atoms with E-state index in [9.17, 15) is 0 Å². The van der Waals surface area contributed by atoms with Gasteiger partial charge >= 0.3 is 0 Å². The van der Waals surface area contributed by atoms with Crippen molar-refractivity contribution >= 4 is 0 Å². The third-order valence-electron chi connectivity index (χ3n) is 1.93. The number of aryl methyl sites for hydroxylation is 2. The maximum absolute atomic E-state index is 4.22. The molecule has 0 aliphatic carbocycles. The molecule has 1 rings (SSSR count). The van der Waals surface area contributed by atoms with E-state index in [0.717, 1.165) is 18.5 Å². The van der Waals surface area contributed by atoms with E-state index >= 15 is 0 Å². The largest absolute Gasteiger partial charge is 0.241 e. The zero-order chi connectivity index (χ0) is 8.27. The highest BCUT2D eigenvalue weighted by atomic mass is 14.8. The van der Waals surface area contributed by atoms with E-state index in [-0.39, 0.29) is 0 Å². The minimum absolute atomic E-state index is 1.06. The first kappa shape index (κ1) is 8.18. The first-order valence-electron chi connectivity index (χ1n) is 4.02. The molecule has 0 spiro atoms. The Bertz CT molecular complexity index is 243. The number of nitrogens with zero attached hydrogens (tertiary/aromatic N) is 2. The summed E-state index contributed by atoms with van der Waals surface area (Å²) in [6.07, 6.45) is 3.86. The lowest BCUT2D eigenvalue weighted by molar-refractivity contribution is 0.850. The second-order valence-electron chi connectivity index (χ2n) is 2.78. The summed E-state index contributed by atoms with van der Waals surface area (Å²) >= 11 is 0. The van der Waals surface area contributed by atoms with Gasteiger partial charge in [-0.05, 0) is 25.8 Å². The maximum atomic E-state index is 4.22. The summed E-state index contributed by atoms with van der Waals surface area (Å²) in [5.74, 6) is 0. The van der Waals surface area contributed by atoms with Crippen LogP contribution in [0.5, 0.6) is 0 Å². The third kappa shape index (κ3) is 1.76. The minimum atomic E-state index is 1.06. The van der Waals surface area contributed by atoms with E-state index in [2.05, 4.69) is 23.8 Å². The molecule has 0 saturated heterocycles. The van der Waals surface area contributed by atoms with Gasteiger partial charge in [-0.1, -0.05) is 13.3 Å². The van der Waals surface area contributed by atoms with Gasteiger partial charge in [-0.3, -0.25) is 0 Å². The number of rotatable bonds is 2. The zero-order valence-corrected chi connectivity index (χ0v) is 7.39. The van der Waals surface area contributed by atoms with Crippen molar-refractivity contribution in [1.82, 2.24) is 9.97 Å². The molecule has 0 N–H and O–H groups in total. The van der Waals surface area contributed by atoms with Crippen molar-refractivity contribution in [3.8, 4) is 0 Å². The van der Waals surface area contributed by atoms with Crippen LogP contribution in [0.3, 0.4) is 0 Å². The Morgan fingerprint density at radius 2 is 2.00 bits per heavy atom. The molecule has 0 unspecified atom stereocenters. The van der Waals surface area contributed by atoms with Crippen LogP contribution in [0, 0.1) is 13.8 Å². The van der Waals surface area contributed by atoms with Gasteiger partial charge < -0.3 is 0 Å². The van der Waals surface area contributed by atoms with Crippen LogP contribution >= 0.6 is 0 Å². The molecule has 0 saturated carbocycles. The van der Waals surface area contributed by atoms with E-state index in [1.54, 1.807) is 6.33 Å². The second-order valence-corrected chi connectivity index (χ2v) is 2.78. The van der Waals surface area contributed by atoms with Crippen molar-refractivity contribution in [3.05, 3.63) is 23.3 Å². The Kier molecular flexibility index (Phi) is 2.58. The molecule has 2 nitrogen and oxygen atoms in total. The lowest BCUT2D eigenvalue weighted by Crippen LogP contribution is -1.97. The average molecular weight is 150 g/mol. The van der Waals surface area contributed by atoms with Crippen LogP contribution in [-0.2, 0) is 6.42 Å². The van der Waals surface area contributed by atoms with Gasteiger partial charge in [-0.15, -0.1) is 0 Å². The Labute approximate surface area is 67.7 Å². The smallest absolute Gasteiger partial charge is 0.115 e. The molecule has 0 atom stereocenters. The Morgan fingerprint density at radius 3 is 2.64 bits per heavy atom. The molecule has 0 fully saturated rings. The fourth-order valence-electron chi connectivity index (χ4n) is 1.08. The molecular formula is C9H14N2. The molecule has 1 heterocycles. The number of aromatic nitrogens is 2. The summed E-state index contributed by atoms with van der Waals surface area (Å²) in [5, 5.41) is 0. The van der Waals surface area contributed by atoms with Crippen molar-refractivity contribution in [2.45, 2.75) is 33.6 Å². The van der Waals surface area contributed by atoms with Crippen LogP contribution in [0.1, 0.15) is 30.3 Å². The predicted molar refractivity (Wildman–Crippen MR) is 45.5 cm³/mol. The average Bonchev–Trinajstić information content (AvgIpc) is 1.99. The molecule has 0 aliphatic rings. The lowest BCUT2D eigenvalue weighted by atomic mass is 10.1. The van der Waals surface area contributed by atoms with Crippen LogP contribution in [0.15, 0.2) is 6.33 Å². The first-order chi connectivity index (χ1) is 5.25. The Hall–Kier alpha value is -0.920. The van der Waals surface area contributed by atoms with Crippen molar-refractivity contribution in [2.24, 2.45) is 0 Å². The van der Waals surface area contributed by atoms with Crippen molar-refractivity contribution < 1.29 is 0 Å². The number of hydrogen-bond acceptors (Lipinski definition) is 2. The molecule has 0 amide bonds. The van der Waals surface area contributed by atoms with E-state index < -0.39 is 0 Å². The van der Waals surface area contributed by atoms with E-state index in [4.69, 9.17) is 0 Å². The molecule has 0 aromatic carbocycles. The van der Waals surface area contributed by atoms with Gasteiger partial charge in [-0.25, -0.2) is 9.97 Å². The highest BCUT2D eigenvalue weighted by molar-refractivity contribution is 5.21. The van der Waals surface area contributed by atoms with E-state index in [1.165, 1.54) is 11.3 Å². The minimum Gasteiger partial charge on any atom is -0.241 e. The third-order valence-corrected chi connectivity index (χ3v) is 1.93. The standard InChI is InChI=1S/C9H14N2/c1-4-5-9-7(2)8(3)10-6-11-9/h6H,4-5H2,1-3H3. The van der Waals surface area contributed by atoms with Gasteiger partial charge in [0.15, 0.2) is 0 Å². The molecule has 60 valence electrons. The van der Waals surface area contributed by atoms with Crippen LogP contribution in [0.4, 0.5) is 0 Å². The highest BCUT2D eigenvalue weighted by Gasteiger charge is 2.00. The summed E-state index contributed by atoms with van der Waals surface area (Å²) in [7, 11) is 0. The van der Waals surface area contributed by atoms with Crippen molar-refractivity contribution in [2.75, 3.05) is 0 Å². The molecular weight excluding hydrogens is 136 g/mol. The Balaban J connectivity index is 2.96.